The molecule has 24 heavy (non-hydrogen) atoms. The fourth-order valence-corrected chi connectivity index (χ4v) is 2.75. The topological polar surface area (TPSA) is 77.8 Å². The first-order valence-electron chi connectivity index (χ1n) is 9.72. The van der Waals surface area contributed by atoms with Gasteiger partial charge in [-0.3, -0.25) is 0 Å². The molecule has 5 nitrogen and oxygen atoms in total. The Hall–Kier alpha value is 0.0700. The van der Waals surface area contributed by atoms with Crippen LogP contribution in [0.5, 0.6) is 0 Å². The van der Waals surface area contributed by atoms with Crippen LogP contribution >= 0.6 is 7.82 Å². The zero-order valence-electron chi connectivity index (χ0n) is 16.5. The van der Waals surface area contributed by atoms with Crippen molar-refractivity contribution in [2.75, 3.05) is 27.2 Å². The number of quaternary nitrogens is 1. The molecule has 0 rings (SSSR count). The normalized spacial score (nSPS) is 12.0. The molecular formula is C18H43NO4P+. The van der Waals surface area contributed by atoms with Crippen LogP contribution in [0.2, 0.25) is 0 Å². The monoisotopic (exact) mass is 368 g/mol. The van der Waals surface area contributed by atoms with Crippen molar-refractivity contribution in [3.05, 3.63) is 0 Å². The molecule has 0 aliphatic heterocycles. The number of phosphoric acid groups is 1. The number of rotatable bonds is 14. The summed E-state index contributed by atoms with van der Waals surface area (Å²) in [4.78, 5) is 21.6. The van der Waals surface area contributed by atoms with Gasteiger partial charge in [-0.1, -0.05) is 65.2 Å². The maximum Gasteiger partial charge on any atom is 0.466 e. The van der Waals surface area contributed by atoms with Crippen LogP contribution in [0, 0.1) is 0 Å². The summed E-state index contributed by atoms with van der Waals surface area (Å²) in [6, 6.07) is 0. The third-order valence-corrected chi connectivity index (χ3v) is 4.23. The van der Waals surface area contributed by atoms with Gasteiger partial charge in [0.15, 0.2) is 0 Å². The van der Waals surface area contributed by atoms with Crippen molar-refractivity contribution < 1.29 is 23.7 Å². The Morgan fingerprint density at radius 2 is 0.875 bits per heavy atom. The summed E-state index contributed by atoms with van der Waals surface area (Å²) in [5.41, 5.74) is 0. The van der Waals surface area contributed by atoms with Gasteiger partial charge in [-0.25, -0.2) is 4.57 Å². The van der Waals surface area contributed by atoms with Crippen LogP contribution in [-0.2, 0) is 4.57 Å². The van der Waals surface area contributed by atoms with Gasteiger partial charge in [0.05, 0.1) is 27.2 Å². The van der Waals surface area contributed by atoms with Crippen molar-refractivity contribution in [1.29, 1.82) is 0 Å². The fourth-order valence-electron chi connectivity index (χ4n) is 2.75. The molecule has 0 aliphatic rings. The molecule has 0 amide bonds. The van der Waals surface area contributed by atoms with Crippen molar-refractivity contribution in [3.8, 4) is 0 Å². The molecule has 0 unspecified atom stereocenters. The molecule has 148 valence electrons. The molecule has 0 fully saturated rings. The van der Waals surface area contributed by atoms with Crippen molar-refractivity contribution in [2.45, 2.75) is 90.9 Å². The van der Waals surface area contributed by atoms with E-state index < -0.39 is 7.82 Å². The van der Waals surface area contributed by atoms with Gasteiger partial charge in [-0.05, 0) is 25.7 Å². The van der Waals surface area contributed by atoms with Crippen LogP contribution in [-0.4, -0.2) is 46.3 Å². The summed E-state index contributed by atoms with van der Waals surface area (Å²) in [6.07, 6.45) is 17.1. The fraction of sp³-hybridized carbons (Fsp3) is 1.00. The van der Waals surface area contributed by atoms with Gasteiger partial charge in [0, 0.05) is 0 Å². The summed E-state index contributed by atoms with van der Waals surface area (Å²) in [7, 11) is 0.191. The summed E-state index contributed by atoms with van der Waals surface area (Å²) < 4.78 is 10.1. The zero-order chi connectivity index (χ0) is 18.9. The molecular weight excluding hydrogens is 325 g/mol. The van der Waals surface area contributed by atoms with Crippen LogP contribution in [0.1, 0.15) is 90.9 Å². The molecule has 3 N–H and O–H groups in total. The second kappa shape index (κ2) is 16.5. The molecule has 0 heterocycles. The Labute approximate surface area is 150 Å². The van der Waals surface area contributed by atoms with Crippen LogP contribution in [0.3, 0.4) is 0 Å². The highest BCUT2D eigenvalue weighted by atomic mass is 31.2. The molecule has 0 saturated carbocycles. The van der Waals surface area contributed by atoms with Crippen molar-refractivity contribution in [3.63, 3.8) is 0 Å². The molecule has 0 bridgehead atoms. The minimum absolute atomic E-state index is 1.24. The maximum absolute atomic E-state index is 8.88. The Morgan fingerprint density at radius 1 is 0.625 bits per heavy atom. The van der Waals surface area contributed by atoms with E-state index in [1.807, 2.05) is 0 Å². The summed E-state index contributed by atoms with van der Waals surface area (Å²) >= 11 is 0. The van der Waals surface area contributed by atoms with Crippen LogP contribution < -0.4 is 0 Å². The van der Waals surface area contributed by atoms with E-state index in [1.165, 1.54) is 94.6 Å². The molecule has 6 heteroatoms. The quantitative estimate of drug-likeness (QED) is 0.232. The Morgan fingerprint density at radius 3 is 1.17 bits per heavy atom. The van der Waals surface area contributed by atoms with Gasteiger partial charge in [0.1, 0.15) is 0 Å². The first kappa shape index (κ1) is 26.3. The molecule has 0 aromatic carbocycles. The lowest BCUT2D eigenvalue weighted by atomic mass is 10.1. The molecule has 0 saturated heterocycles. The summed E-state index contributed by atoms with van der Waals surface area (Å²) in [5, 5.41) is 0. The first-order chi connectivity index (χ1) is 11.1. The lowest BCUT2D eigenvalue weighted by molar-refractivity contribution is -0.890. The number of hydrogen-bond donors (Lipinski definition) is 3. The average Bonchev–Trinajstić information content (AvgIpc) is 2.44. The third kappa shape index (κ3) is 30.0. The van der Waals surface area contributed by atoms with Gasteiger partial charge >= 0.3 is 7.82 Å². The predicted octanol–water partition coefficient (Wildman–Crippen LogP) is 4.86. The largest absolute Gasteiger partial charge is 0.466 e. The Bertz CT molecular complexity index is 279. The minimum Gasteiger partial charge on any atom is -0.328 e. The molecule has 0 aliphatic carbocycles. The van der Waals surface area contributed by atoms with E-state index >= 15 is 0 Å². The van der Waals surface area contributed by atoms with E-state index in [9.17, 15) is 0 Å². The van der Waals surface area contributed by atoms with Crippen molar-refractivity contribution in [2.24, 2.45) is 0 Å². The van der Waals surface area contributed by atoms with E-state index in [2.05, 4.69) is 27.9 Å². The number of nitrogens with zero attached hydrogens (tertiary/aromatic N) is 1. The molecule has 0 aromatic heterocycles. The summed E-state index contributed by atoms with van der Waals surface area (Å²) in [6.45, 7) is 7.34. The van der Waals surface area contributed by atoms with Gasteiger partial charge in [-0.2, -0.15) is 0 Å². The van der Waals surface area contributed by atoms with E-state index in [0.29, 0.717) is 0 Å². The maximum atomic E-state index is 8.88. The highest BCUT2D eigenvalue weighted by Crippen LogP contribution is 2.25. The minimum atomic E-state index is -4.64. The lowest BCUT2D eigenvalue weighted by Crippen LogP contribution is -2.41. The summed E-state index contributed by atoms with van der Waals surface area (Å²) in [5.74, 6) is 0. The molecule has 0 spiro atoms. The van der Waals surface area contributed by atoms with E-state index in [-0.39, 0.29) is 0 Å². The molecule has 0 aromatic rings. The van der Waals surface area contributed by atoms with E-state index in [1.54, 1.807) is 0 Å². The van der Waals surface area contributed by atoms with Crippen molar-refractivity contribution >= 4 is 7.82 Å². The van der Waals surface area contributed by atoms with Gasteiger partial charge < -0.3 is 19.2 Å². The highest BCUT2D eigenvalue weighted by molar-refractivity contribution is 7.45. The average molecular weight is 369 g/mol. The number of unbranched alkanes of at least 4 members (excludes halogenated alkanes) is 10. The van der Waals surface area contributed by atoms with Crippen LogP contribution in [0.15, 0.2) is 0 Å². The van der Waals surface area contributed by atoms with Crippen molar-refractivity contribution in [1.82, 2.24) is 0 Å². The standard InChI is InChI=1S/C18H40N.H3O4P/c1-5-7-9-11-13-15-17-19(3,4)18-16-14-12-10-8-6-2;1-5(2,3)4/h5-18H2,1-4H3;(H3,1,2,3,4)/q+1;. The third-order valence-electron chi connectivity index (χ3n) is 4.23. The van der Waals surface area contributed by atoms with Gasteiger partial charge in [0.25, 0.3) is 0 Å². The lowest BCUT2D eigenvalue weighted by Gasteiger charge is -2.30. The molecule has 0 atom stereocenters. The highest BCUT2D eigenvalue weighted by Gasteiger charge is 2.13. The van der Waals surface area contributed by atoms with E-state index in [4.69, 9.17) is 19.2 Å². The Kier molecular flexibility index (Phi) is 18.1. The van der Waals surface area contributed by atoms with Crippen LogP contribution in [0.4, 0.5) is 0 Å². The first-order valence-corrected chi connectivity index (χ1v) is 11.3. The zero-order valence-corrected chi connectivity index (χ0v) is 17.4. The second-order valence-corrected chi connectivity index (χ2v) is 8.46. The Balaban J connectivity index is 0. The number of hydrogen-bond acceptors (Lipinski definition) is 1. The van der Waals surface area contributed by atoms with Gasteiger partial charge in [0.2, 0.25) is 0 Å². The van der Waals surface area contributed by atoms with Gasteiger partial charge in [-0.15, -0.1) is 0 Å². The smallest absolute Gasteiger partial charge is 0.328 e. The second-order valence-electron chi connectivity index (χ2n) is 7.43. The van der Waals surface area contributed by atoms with E-state index in [0.717, 1.165) is 0 Å². The SMILES string of the molecule is CCCCCCCC[N+](C)(C)CCCCCCCC.O=P(O)(O)O. The van der Waals surface area contributed by atoms with Crippen LogP contribution in [0.25, 0.3) is 0 Å². The predicted molar refractivity (Wildman–Crippen MR) is 103 cm³/mol. The molecule has 0 radical (unpaired) electrons.